The average molecular weight is 515 g/mol. The Labute approximate surface area is 218 Å². The van der Waals surface area contributed by atoms with Crippen molar-refractivity contribution in [2.24, 2.45) is 0 Å². The van der Waals surface area contributed by atoms with Crippen LogP contribution < -0.4 is 4.72 Å². The van der Waals surface area contributed by atoms with Crippen molar-refractivity contribution >= 4 is 22.0 Å². The van der Waals surface area contributed by atoms with Gasteiger partial charge in [0.1, 0.15) is 11.5 Å². The summed E-state index contributed by atoms with van der Waals surface area (Å²) in [5.41, 5.74) is 6.76. The summed E-state index contributed by atoms with van der Waals surface area (Å²) in [4.78, 5) is 4.94. The van der Waals surface area contributed by atoms with Crippen molar-refractivity contribution < 1.29 is 13.3 Å². The van der Waals surface area contributed by atoms with Crippen LogP contribution in [0.25, 0.3) is 33.5 Å². The van der Waals surface area contributed by atoms with Gasteiger partial charge in [-0.25, -0.2) is 8.93 Å². The molecule has 0 aliphatic rings. The third-order valence-corrected chi connectivity index (χ3v) is 7.89. The SMILES string of the molecule is Cc1noc(C)c1-c1cccc(C[C@H](N[S@@](=O)C(C)(C)C)c2ccccc2-c2noc3ccccc23)n1. The van der Waals surface area contributed by atoms with Gasteiger partial charge in [-0.2, -0.15) is 0 Å². The van der Waals surface area contributed by atoms with Crippen molar-refractivity contribution in [3.05, 3.63) is 89.4 Å². The van der Waals surface area contributed by atoms with Gasteiger partial charge in [-0.05, 0) is 64.4 Å². The molecule has 5 aromatic rings. The predicted molar refractivity (Wildman–Crippen MR) is 146 cm³/mol. The first kappa shape index (κ1) is 25.0. The Morgan fingerprint density at radius 3 is 2.43 bits per heavy atom. The second kappa shape index (κ2) is 10.0. The lowest BCUT2D eigenvalue weighted by molar-refractivity contribution is 0.393. The van der Waals surface area contributed by atoms with Crippen molar-refractivity contribution in [3.63, 3.8) is 0 Å². The smallest absolute Gasteiger partial charge is 0.167 e. The number of benzene rings is 2. The van der Waals surface area contributed by atoms with E-state index in [2.05, 4.69) is 21.1 Å². The van der Waals surface area contributed by atoms with Crippen LogP contribution in [0.4, 0.5) is 0 Å². The molecule has 3 heterocycles. The zero-order chi connectivity index (χ0) is 26.2. The zero-order valence-electron chi connectivity index (χ0n) is 21.6. The fraction of sp³-hybridized carbons (Fsp3) is 0.276. The minimum atomic E-state index is -1.31. The number of nitrogens with one attached hydrogen (secondary N) is 1. The molecule has 0 bridgehead atoms. The standard InChI is InChI=1S/C29H30N4O3S/c1-18-27(19(2)35-31-18)24-15-10-11-20(30-24)17-25(33-37(34)29(3,4)5)21-12-6-7-13-22(21)28-23-14-8-9-16-26(23)36-32-28/h6-16,25,33H,17H2,1-5H3/t25-,37-/m0/s1. The molecule has 0 unspecified atom stereocenters. The summed E-state index contributed by atoms with van der Waals surface area (Å²) in [5, 5.41) is 9.41. The molecule has 3 aromatic heterocycles. The molecule has 0 aliphatic carbocycles. The molecule has 0 saturated carbocycles. The van der Waals surface area contributed by atoms with Gasteiger partial charge < -0.3 is 9.05 Å². The average Bonchev–Trinajstić information content (AvgIpc) is 3.45. The van der Waals surface area contributed by atoms with E-state index in [1.807, 2.05) is 95.3 Å². The highest BCUT2D eigenvalue weighted by atomic mass is 32.2. The molecule has 7 nitrogen and oxygen atoms in total. The largest absolute Gasteiger partial charge is 0.361 e. The fourth-order valence-corrected chi connectivity index (χ4v) is 5.23. The highest BCUT2D eigenvalue weighted by molar-refractivity contribution is 7.84. The molecule has 8 heteroatoms. The maximum atomic E-state index is 13.3. The molecule has 0 amide bonds. The van der Waals surface area contributed by atoms with Gasteiger partial charge in [0, 0.05) is 23.1 Å². The Balaban J connectivity index is 1.58. The summed E-state index contributed by atoms with van der Waals surface area (Å²) in [6.45, 7) is 9.68. The van der Waals surface area contributed by atoms with Crippen LogP contribution in [-0.4, -0.2) is 24.3 Å². The second-order valence-corrected chi connectivity index (χ2v) is 12.1. The summed E-state index contributed by atoms with van der Waals surface area (Å²) in [7, 11) is -1.31. The highest BCUT2D eigenvalue weighted by Gasteiger charge is 2.27. The van der Waals surface area contributed by atoms with Gasteiger partial charge in [-0.1, -0.05) is 52.8 Å². The number of hydrogen-bond acceptors (Lipinski definition) is 6. The molecule has 190 valence electrons. The van der Waals surface area contributed by atoms with E-state index in [1.54, 1.807) is 0 Å². The van der Waals surface area contributed by atoms with Crippen LogP contribution in [0.15, 0.2) is 75.8 Å². The van der Waals surface area contributed by atoms with Crippen molar-refractivity contribution in [1.29, 1.82) is 0 Å². The maximum Gasteiger partial charge on any atom is 0.167 e. The number of aryl methyl sites for hydroxylation is 2. The Kier molecular flexibility index (Phi) is 6.79. The van der Waals surface area contributed by atoms with E-state index in [0.717, 1.165) is 56.2 Å². The third kappa shape index (κ3) is 5.12. The molecule has 2 aromatic carbocycles. The van der Waals surface area contributed by atoms with E-state index in [9.17, 15) is 4.21 Å². The highest BCUT2D eigenvalue weighted by Crippen LogP contribution is 2.35. The van der Waals surface area contributed by atoms with Gasteiger partial charge in [0.25, 0.3) is 0 Å². The van der Waals surface area contributed by atoms with E-state index in [0.29, 0.717) is 6.42 Å². The lowest BCUT2D eigenvalue weighted by atomic mass is 9.94. The predicted octanol–water partition coefficient (Wildman–Crippen LogP) is 6.50. The molecule has 0 radical (unpaired) electrons. The first-order valence-electron chi connectivity index (χ1n) is 12.2. The number of para-hydroxylation sites is 1. The lowest BCUT2D eigenvalue weighted by Gasteiger charge is -2.26. The third-order valence-electron chi connectivity index (χ3n) is 6.28. The van der Waals surface area contributed by atoms with E-state index < -0.39 is 15.7 Å². The Morgan fingerprint density at radius 1 is 0.919 bits per heavy atom. The minimum Gasteiger partial charge on any atom is -0.361 e. The first-order chi connectivity index (χ1) is 17.7. The Morgan fingerprint density at radius 2 is 1.68 bits per heavy atom. The van der Waals surface area contributed by atoms with Gasteiger partial charge in [0.2, 0.25) is 0 Å². The molecule has 5 rings (SSSR count). The van der Waals surface area contributed by atoms with Crippen molar-refractivity contribution in [3.8, 4) is 22.5 Å². The number of nitrogens with zero attached hydrogens (tertiary/aromatic N) is 3. The normalized spacial score (nSPS) is 13.6. The number of rotatable bonds is 7. The first-order valence-corrected chi connectivity index (χ1v) is 13.4. The van der Waals surface area contributed by atoms with Crippen LogP contribution in [0.2, 0.25) is 0 Å². The molecule has 2 atom stereocenters. The summed E-state index contributed by atoms with van der Waals surface area (Å²) < 4.78 is 27.2. The van der Waals surface area contributed by atoms with E-state index >= 15 is 0 Å². The van der Waals surface area contributed by atoms with Crippen molar-refractivity contribution in [1.82, 2.24) is 20.0 Å². The van der Waals surface area contributed by atoms with Crippen LogP contribution in [0, 0.1) is 13.8 Å². The molecule has 1 N–H and O–H groups in total. The number of pyridine rings is 1. The van der Waals surface area contributed by atoms with Crippen LogP contribution >= 0.6 is 0 Å². The molecule has 0 saturated heterocycles. The Hall–Kier alpha value is -3.62. The summed E-state index contributed by atoms with van der Waals surface area (Å²) in [6, 6.07) is 21.5. The minimum absolute atomic E-state index is 0.292. The van der Waals surface area contributed by atoms with Crippen LogP contribution in [0.1, 0.15) is 49.5 Å². The molecule has 0 fully saturated rings. The lowest BCUT2D eigenvalue weighted by Crippen LogP contribution is -2.36. The van der Waals surface area contributed by atoms with Gasteiger partial charge in [0.05, 0.1) is 38.7 Å². The summed E-state index contributed by atoms with van der Waals surface area (Å²) in [5.74, 6) is 0.730. The molecule has 37 heavy (non-hydrogen) atoms. The van der Waals surface area contributed by atoms with E-state index in [1.165, 1.54) is 0 Å². The van der Waals surface area contributed by atoms with Crippen molar-refractivity contribution in [2.75, 3.05) is 0 Å². The van der Waals surface area contributed by atoms with E-state index in [4.69, 9.17) is 14.0 Å². The summed E-state index contributed by atoms with van der Waals surface area (Å²) in [6.07, 6.45) is 0.520. The Bertz CT molecular complexity index is 1560. The van der Waals surface area contributed by atoms with Crippen LogP contribution in [-0.2, 0) is 17.4 Å². The molecular formula is C29H30N4O3S. The van der Waals surface area contributed by atoms with Gasteiger partial charge in [0.15, 0.2) is 5.58 Å². The topological polar surface area (TPSA) is 94.1 Å². The number of hydrogen-bond donors (Lipinski definition) is 1. The fourth-order valence-electron chi connectivity index (χ4n) is 4.41. The van der Waals surface area contributed by atoms with Crippen molar-refractivity contribution in [2.45, 2.75) is 51.8 Å². The van der Waals surface area contributed by atoms with Crippen LogP contribution in [0.5, 0.6) is 0 Å². The molecule has 0 aliphatic heterocycles. The molecular weight excluding hydrogens is 484 g/mol. The second-order valence-electron chi connectivity index (χ2n) is 10.1. The van der Waals surface area contributed by atoms with Gasteiger partial charge >= 0.3 is 0 Å². The quantitative estimate of drug-likeness (QED) is 0.267. The van der Waals surface area contributed by atoms with Crippen LogP contribution in [0.3, 0.4) is 0 Å². The number of aromatic nitrogens is 3. The maximum absolute atomic E-state index is 13.3. The zero-order valence-corrected chi connectivity index (χ0v) is 22.4. The summed E-state index contributed by atoms with van der Waals surface area (Å²) >= 11 is 0. The molecule has 0 spiro atoms. The van der Waals surface area contributed by atoms with Gasteiger partial charge in [-0.15, -0.1) is 0 Å². The van der Waals surface area contributed by atoms with Gasteiger partial charge in [-0.3, -0.25) is 4.98 Å². The van der Waals surface area contributed by atoms with E-state index in [-0.39, 0.29) is 6.04 Å². The number of fused-ring (bicyclic) bond motifs is 1. The monoisotopic (exact) mass is 514 g/mol.